The average Bonchev–Trinajstić information content (AvgIpc) is 2.28. The Bertz CT molecular complexity index is 310. The van der Waals surface area contributed by atoms with Gasteiger partial charge in [0, 0.05) is 18.4 Å². The van der Waals surface area contributed by atoms with Crippen LogP contribution >= 0.6 is 11.8 Å². The van der Waals surface area contributed by atoms with Crippen molar-refractivity contribution in [3.05, 3.63) is 18.0 Å². The van der Waals surface area contributed by atoms with Gasteiger partial charge in [-0.2, -0.15) is 11.8 Å². The molecule has 1 aromatic rings. The van der Waals surface area contributed by atoms with Crippen LogP contribution in [0.1, 0.15) is 18.5 Å². The first-order valence-corrected chi connectivity index (χ1v) is 6.61. The monoisotopic (exact) mass is 223 g/mol. The second-order valence-electron chi connectivity index (χ2n) is 3.96. The first-order chi connectivity index (χ1) is 7.34. The van der Waals surface area contributed by atoms with Gasteiger partial charge in [0.25, 0.3) is 0 Å². The first kappa shape index (κ1) is 10.7. The summed E-state index contributed by atoms with van der Waals surface area (Å²) < 4.78 is 0. The number of nitrogens with one attached hydrogen (secondary N) is 1. The normalized spacial score (nSPS) is 17.7. The molecule has 0 atom stereocenters. The number of hydrogen-bond acceptors (Lipinski definition) is 4. The molecule has 1 N–H and O–H groups in total. The number of hydrogen-bond donors (Lipinski definition) is 1. The highest BCUT2D eigenvalue weighted by Gasteiger charge is 2.13. The Morgan fingerprint density at radius 2 is 2.27 bits per heavy atom. The van der Waals surface area contributed by atoms with Crippen LogP contribution in [0.5, 0.6) is 0 Å². The molecule has 0 radical (unpaired) electrons. The molecule has 82 valence electrons. The molecule has 0 unspecified atom stereocenters. The molecular weight excluding hydrogens is 206 g/mol. The van der Waals surface area contributed by atoms with Gasteiger partial charge in [0.15, 0.2) is 0 Å². The lowest BCUT2D eigenvalue weighted by Crippen LogP contribution is -2.20. The molecule has 1 fully saturated rings. The molecule has 3 nitrogen and oxygen atoms in total. The van der Waals surface area contributed by atoms with Crippen LogP contribution in [0.2, 0.25) is 0 Å². The van der Waals surface area contributed by atoms with E-state index in [9.17, 15) is 0 Å². The van der Waals surface area contributed by atoms with E-state index in [1.165, 1.54) is 24.3 Å². The van der Waals surface area contributed by atoms with Gasteiger partial charge in [-0.25, -0.2) is 9.97 Å². The van der Waals surface area contributed by atoms with E-state index < -0.39 is 0 Å². The minimum absolute atomic E-state index is 0.772. The van der Waals surface area contributed by atoms with Gasteiger partial charge >= 0.3 is 0 Å². The molecule has 0 spiro atoms. The summed E-state index contributed by atoms with van der Waals surface area (Å²) in [5.41, 5.74) is 1.02. The maximum absolute atomic E-state index is 4.33. The first-order valence-electron chi connectivity index (χ1n) is 5.46. The lowest BCUT2D eigenvalue weighted by atomic mass is 10.0. The fraction of sp³-hybridized carbons (Fsp3) is 0.636. The molecule has 1 saturated heterocycles. The zero-order valence-electron chi connectivity index (χ0n) is 9.07. The second-order valence-corrected chi connectivity index (χ2v) is 5.18. The molecule has 15 heavy (non-hydrogen) atoms. The molecule has 1 aliphatic heterocycles. The number of rotatable bonds is 3. The number of nitrogens with zero attached hydrogens (tertiary/aromatic N) is 2. The van der Waals surface area contributed by atoms with E-state index in [0.29, 0.717) is 0 Å². The Kier molecular flexibility index (Phi) is 3.83. The lowest BCUT2D eigenvalue weighted by molar-refractivity contribution is 0.514. The highest BCUT2D eigenvalue weighted by atomic mass is 32.2. The van der Waals surface area contributed by atoms with Gasteiger partial charge in [-0.15, -0.1) is 0 Å². The van der Waals surface area contributed by atoms with Gasteiger partial charge in [0.05, 0.1) is 0 Å². The maximum Gasteiger partial charge on any atom is 0.222 e. The van der Waals surface area contributed by atoms with Crippen molar-refractivity contribution >= 4 is 17.7 Å². The lowest BCUT2D eigenvalue weighted by Gasteiger charge is -2.21. The second kappa shape index (κ2) is 5.35. The fourth-order valence-corrected chi connectivity index (χ4v) is 2.92. The van der Waals surface area contributed by atoms with Crippen LogP contribution in [0.15, 0.2) is 12.3 Å². The maximum atomic E-state index is 4.33. The molecule has 0 aromatic carbocycles. The molecule has 0 aliphatic carbocycles. The summed E-state index contributed by atoms with van der Waals surface area (Å²) in [6.45, 7) is 3.01. The van der Waals surface area contributed by atoms with Crippen molar-refractivity contribution in [1.29, 1.82) is 0 Å². The van der Waals surface area contributed by atoms with Crippen molar-refractivity contribution in [2.45, 2.75) is 19.8 Å². The van der Waals surface area contributed by atoms with Crippen LogP contribution in [-0.2, 0) is 0 Å². The predicted octanol–water partition coefficient (Wildman–Crippen LogP) is 2.34. The van der Waals surface area contributed by atoms with Crippen molar-refractivity contribution in [2.24, 2.45) is 5.92 Å². The van der Waals surface area contributed by atoms with Crippen LogP contribution in [0.3, 0.4) is 0 Å². The Morgan fingerprint density at radius 3 is 3.00 bits per heavy atom. The van der Waals surface area contributed by atoms with Crippen LogP contribution in [-0.4, -0.2) is 28.0 Å². The number of anilines is 1. The standard InChI is InChI=1S/C11H17N3S/c1-9-2-5-12-11(14-9)13-8-10-3-6-15-7-4-10/h2,5,10H,3-4,6-8H2,1H3,(H,12,13,14). The molecule has 1 aliphatic rings. The summed E-state index contributed by atoms with van der Waals surface area (Å²) in [4.78, 5) is 8.53. The van der Waals surface area contributed by atoms with Gasteiger partial charge in [-0.1, -0.05) is 0 Å². The van der Waals surface area contributed by atoms with Crippen molar-refractivity contribution in [2.75, 3.05) is 23.4 Å². The largest absolute Gasteiger partial charge is 0.354 e. The summed E-state index contributed by atoms with van der Waals surface area (Å²) in [6.07, 6.45) is 4.45. The Morgan fingerprint density at radius 1 is 1.47 bits per heavy atom. The smallest absolute Gasteiger partial charge is 0.222 e. The average molecular weight is 223 g/mol. The molecular formula is C11H17N3S. The molecule has 1 aromatic heterocycles. The molecule has 4 heteroatoms. The van der Waals surface area contributed by atoms with E-state index in [4.69, 9.17) is 0 Å². The van der Waals surface area contributed by atoms with Crippen molar-refractivity contribution < 1.29 is 0 Å². The summed E-state index contributed by atoms with van der Waals surface area (Å²) >= 11 is 2.06. The molecule has 0 bridgehead atoms. The third-order valence-corrected chi connectivity index (χ3v) is 3.73. The summed E-state index contributed by atoms with van der Waals surface area (Å²) in [6, 6.07) is 1.92. The van der Waals surface area contributed by atoms with E-state index in [0.717, 1.165) is 24.1 Å². The van der Waals surface area contributed by atoms with Gasteiger partial charge < -0.3 is 5.32 Å². The van der Waals surface area contributed by atoms with Crippen molar-refractivity contribution in [3.63, 3.8) is 0 Å². The predicted molar refractivity (Wildman–Crippen MR) is 65.3 cm³/mol. The fourth-order valence-electron chi connectivity index (χ4n) is 1.72. The Labute approximate surface area is 95.1 Å². The number of thioether (sulfide) groups is 1. The minimum atomic E-state index is 0.772. The van der Waals surface area contributed by atoms with Gasteiger partial charge in [-0.05, 0) is 43.3 Å². The van der Waals surface area contributed by atoms with Crippen LogP contribution in [0.25, 0.3) is 0 Å². The van der Waals surface area contributed by atoms with Crippen molar-refractivity contribution in [1.82, 2.24) is 9.97 Å². The molecule has 0 amide bonds. The zero-order valence-corrected chi connectivity index (χ0v) is 9.89. The van der Waals surface area contributed by atoms with E-state index in [1.807, 2.05) is 13.0 Å². The summed E-state index contributed by atoms with van der Waals surface area (Å²) in [5.74, 6) is 4.19. The third-order valence-electron chi connectivity index (χ3n) is 2.68. The zero-order chi connectivity index (χ0) is 10.5. The molecule has 0 saturated carbocycles. The Balaban J connectivity index is 1.81. The van der Waals surface area contributed by atoms with E-state index in [2.05, 4.69) is 27.0 Å². The van der Waals surface area contributed by atoms with Crippen LogP contribution < -0.4 is 5.32 Å². The third kappa shape index (κ3) is 3.38. The molecule has 2 rings (SSSR count). The highest BCUT2D eigenvalue weighted by molar-refractivity contribution is 7.99. The van der Waals surface area contributed by atoms with Gasteiger partial charge in [0.1, 0.15) is 0 Å². The van der Waals surface area contributed by atoms with E-state index in [-0.39, 0.29) is 0 Å². The van der Waals surface area contributed by atoms with Crippen LogP contribution in [0, 0.1) is 12.8 Å². The SMILES string of the molecule is Cc1ccnc(NCC2CCSCC2)n1. The topological polar surface area (TPSA) is 37.8 Å². The number of aryl methyl sites for hydroxylation is 1. The summed E-state index contributed by atoms with van der Waals surface area (Å²) in [7, 11) is 0. The van der Waals surface area contributed by atoms with E-state index >= 15 is 0 Å². The van der Waals surface area contributed by atoms with Crippen molar-refractivity contribution in [3.8, 4) is 0 Å². The van der Waals surface area contributed by atoms with E-state index in [1.54, 1.807) is 6.20 Å². The van der Waals surface area contributed by atoms with Gasteiger partial charge in [0.2, 0.25) is 5.95 Å². The molecule has 2 heterocycles. The van der Waals surface area contributed by atoms with Gasteiger partial charge in [-0.3, -0.25) is 0 Å². The highest BCUT2D eigenvalue weighted by Crippen LogP contribution is 2.22. The minimum Gasteiger partial charge on any atom is -0.354 e. The summed E-state index contributed by atoms with van der Waals surface area (Å²) in [5, 5.41) is 3.32. The quantitative estimate of drug-likeness (QED) is 0.853. The Hall–Kier alpha value is -0.770. The van der Waals surface area contributed by atoms with Crippen LogP contribution in [0.4, 0.5) is 5.95 Å². The number of aromatic nitrogens is 2.